The second-order valence-corrected chi connectivity index (χ2v) is 7.15. The third kappa shape index (κ3) is 5.18. The molecule has 1 aliphatic rings. The van der Waals surface area contributed by atoms with Gasteiger partial charge in [0, 0.05) is 11.5 Å². The molecule has 2 aromatic carbocycles. The summed E-state index contributed by atoms with van der Waals surface area (Å²) < 4.78 is 31.1. The molecular weight excluding hydrogens is 359 g/mol. The molecular formula is C23H27FO4. The molecule has 2 aromatic rings. The van der Waals surface area contributed by atoms with Gasteiger partial charge in [0.05, 0.1) is 18.8 Å². The van der Waals surface area contributed by atoms with Crippen LogP contribution in [0.15, 0.2) is 42.5 Å². The van der Waals surface area contributed by atoms with Gasteiger partial charge in [0.1, 0.15) is 11.6 Å². The third-order valence-corrected chi connectivity index (χ3v) is 4.99. The molecule has 0 spiro atoms. The normalized spacial score (nSPS) is 19.4. The van der Waals surface area contributed by atoms with Gasteiger partial charge >= 0.3 is 5.97 Å². The number of ether oxygens (including phenoxy) is 3. The number of aryl methyl sites for hydroxylation is 1. The number of hydrogen-bond donors (Lipinski definition) is 0. The minimum atomic E-state index is -0.733. The van der Waals surface area contributed by atoms with E-state index in [4.69, 9.17) is 14.2 Å². The number of carbonyl (C=O) groups excluding carboxylic acids is 1. The molecule has 1 heterocycles. The second-order valence-electron chi connectivity index (χ2n) is 7.15. The lowest BCUT2D eigenvalue weighted by atomic mass is 10.1. The Morgan fingerprint density at radius 3 is 2.43 bits per heavy atom. The van der Waals surface area contributed by atoms with E-state index < -0.39 is 18.1 Å². The first kappa shape index (κ1) is 20.5. The largest absolute Gasteiger partial charge is 0.423 e. The summed E-state index contributed by atoms with van der Waals surface area (Å²) in [5.41, 5.74) is 1.65. The molecule has 0 amide bonds. The molecule has 1 aliphatic heterocycles. The molecule has 0 saturated carbocycles. The van der Waals surface area contributed by atoms with Crippen molar-refractivity contribution < 1.29 is 23.4 Å². The Morgan fingerprint density at radius 1 is 1.11 bits per heavy atom. The van der Waals surface area contributed by atoms with Crippen LogP contribution >= 0.6 is 0 Å². The molecule has 1 saturated heterocycles. The Morgan fingerprint density at radius 2 is 1.82 bits per heavy atom. The predicted octanol–water partition coefficient (Wildman–Crippen LogP) is 5.46. The quantitative estimate of drug-likeness (QED) is 0.468. The lowest BCUT2D eigenvalue weighted by molar-refractivity contribution is -0.206. The van der Waals surface area contributed by atoms with Crippen LogP contribution in [0.3, 0.4) is 0 Å². The molecule has 0 aromatic heterocycles. The first-order valence-corrected chi connectivity index (χ1v) is 9.94. The highest BCUT2D eigenvalue weighted by atomic mass is 19.1. The summed E-state index contributed by atoms with van der Waals surface area (Å²) in [6.45, 7) is 5.30. The van der Waals surface area contributed by atoms with Crippen molar-refractivity contribution in [2.45, 2.75) is 45.8 Å². The van der Waals surface area contributed by atoms with Gasteiger partial charge in [0.15, 0.2) is 6.29 Å². The number of rotatable bonds is 7. The SMILES string of the molecule is CCCCc1ccc(OC(=O)c2ccc(C3OCC(CC)CO3)c(F)c2)cc1. The molecule has 3 rings (SSSR count). The summed E-state index contributed by atoms with van der Waals surface area (Å²) in [7, 11) is 0. The lowest BCUT2D eigenvalue weighted by Crippen LogP contribution is -2.27. The zero-order valence-electron chi connectivity index (χ0n) is 16.4. The average Bonchev–Trinajstić information content (AvgIpc) is 2.73. The van der Waals surface area contributed by atoms with Crippen molar-refractivity contribution in [3.63, 3.8) is 0 Å². The van der Waals surface area contributed by atoms with Gasteiger partial charge in [0.25, 0.3) is 0 Å². The first-order valence-electron chi connectivity index (χ1n) is 9.94. The van der Waals surface area contributed by atoms with Crippen molar-refractivity contribution in [3.05, 3.63) is 65.0 Å². The molecule has 0 bridgehead atoms. The minimum Gasteiger partial charge on any atom is -0.423 e. The molecule has 28 heavy (non-hydrogen) atoms. The summed E-state index contributed by atoms with van der Waals surface area (Å²) in [6.07, 6.45) is 3.48. The van der Waals surface area contributed by atoms with E-state index >= 15 is 0 Å². The van der Waals surface area contributed by atoms with Crippen molar-refractivity contribution in [1.29, 1.82) is 0 Å². The van der Waals surface area contributed by atoms with Crippen LogP contribution in [0.2, 0.25) is 0 Å². The van der Waals surface area contributed by atoms with Gasteiger partial charge < -0.3 is 14.2 Å². The smallest absolute Gasteiger partial charge is 0.343 e. The van der Waals surface area contributed by atoms with E-state index in [1.54, 1.807) is 12.1 Å². The Labute approximate surface area is 165 Å². The molecule has 150 valence electrons. The van der Waals surface area contributed by atoms with E-state index in [2.05, 4.69) is 13.8 Å². The molecule has 0 radical (unpaired) electrons. The predicted molar refractivity (Wildman–Crippen MR) is 105 cm³/mol. The highest BCUT2D eigenvalue weighted by molar-refractivity contribution is 5.91. The summed E-state index contributed by atoms with van der Waals surface area (Å²) in [5, 5.41) is 0. The Balaban J connectivity index is 1.62. The van der Waals surface area contributed by atoms with Crippen molar-refractivity contribution in [1.82, 2.24) is 0 Å². The van der Waals surface area contributed by atoms with E-state index in [-0.39, 0.29) is 5.56 Å². The fourth-order valence-electron chi connectivity index (χ4n) is 3.07. The van der Waals surface area contributed by atoms with Gasteiger partial charge in [-0.3, -0.25) is 0 Å². The number of benzene rings is 2. The number of halogens is 1. The maximum absolute atomic E-state index is 14.5. The monoisotopic (exact) mass is 386 g/mol. The van der Waals surface area contributed by atoms with Crippen molar-refractivity contribution in [2.75, 3.05) is 13.2 Å². The van der Waals surface area contributed by atoms with E-state index in [1.807, 2.05) is 12.1 Å². The standard InChI is InChI=1S/C23H27FO4/c1-3-5-6-17-7-10-19(11-8-17)28-22(25)18-9-12-20(21(24)13-18)23-26-14-16(4-2)15-27-23/h7-13,16,23H,3-6,14-15H2,1-2H3. The van der Waals surface area contributed by atoms with Gasteiger partial charge in [-0.2, -0.15) is 0 Å². The molecule has 0 atom stereocenters. The fourth-order valence-corrected chi connectivity index (χ4v) is 3.07. The zero-order chi connectivity index (χ0) is 19.9. The van der Waals surface area contributed by atoms with Crippen LogP contribution < -0.4 is 4.74 Å². The van der Waals surface area contributed by atoms with E-state index in [1.165, 1.54) is 23.8 Å². The van der Waals surface area contributed by atoms with Crippen LogP contribution in [-0.2, 0) is 15.9 Å². The van der Waals surface area contributed by atoms with Crippen LogP contribution in [0, 0.1) is 11.7 Å². The van der Waals surface area contributed by atoms with Gasteiger partial charge in [-0.1, -0.05) is 38.5 Å². The summed E-state index contributed by atoms with van der Waals surface area (Å²) in [5.74, 6) is -0.353. The highest BCUT2D eigenvalue weighted by Crippen LogP contribution is 2.28. The second kappa shape index (κ2) is 9.80. The Bertz CT molecular complexity index is 780. The van der Waals surface area contributed by atoms with Crippen molar-refractivity contribution in [2.24, 2.45) is 5.92 Å². The summed E-state index contributed by atoms with van der Waals surface area (Å²) >= 11 is 0. The molecule has 0 unspecified atom stereocenters. The maximum Gasteiger partial charge on any atom is 0.343 e. The summed E-state index contributed by atoms with van der Waals surface area (Å²) in [6, 6.07) is 11.7. The van der Waals surface area contributed by atoms with Crippen LogP contribution in [0.25, 0.3) is 0 Å². The lowest BCUT2D eigenvalue weighted by Gasteiger charge is -2.29. The number of unbranched alkanes of at least 4 members (excludes halogenated alkanes) is 1. The van der Waals surface area contributed by atoms with E-state index in [0.717, 1.165) is 25.7 Å². The van der Waals surface area contributed by atoms with Crippen LogP contribution in [-0.4, -0.2) is 19.2 Å². The van der Waals surface area contributed by atoms with Crippen LogP contribution in [0.5, 0.6) is 5.75 Å². The molecule has 0 N–H and O–H groups in total. The number of hydrogen-bond acceptors (Lipinski definition) is 4. The first-order chi connectivity index (χ1) is 13.6. The highest BCUT2D eigenvalue weighted by Gasteiger charge is 2.25. The fraction of sp³-hybridized carbons (Fsp3) is 0.435. The summed E-state index contributed by atoms with van der Waals surface area (Å²) in [4.78, 5) is 12.3. The number of carbonyl (C=O) groups is 1. The number of esters is 1. The van der Waals surface area contributed by atoms with E-state index in [9.17, 15) is 9.18 Å². The van der Waals surface area contributed by atoms with Crippen LogP contribution in [0.4, 0.5) is 4.39 Å². The van der Waals surface area contributed by atoms with Crippen molar-refractivity contribution in [3.8, 4) is 5.75 Å². The minimum absolute atomic E-state index is 0.151. The van der Waals surface area contributed by atoms with Gasteiger partial charge in [-0.25, -0.2) is 9.18 Å². The van der Waals surface area contributed by atoms with Crippen molar-refractivity contribution >= 4 is 5.97 Å². The molecule has 5 heteroatoms. The van der Waals surface area contributed by atoms with Gasteiger partial charge in [-0.15, -0.1) is 0 Å². The topological polar surface area (TPSA) is 44.8 Å². The third-order valence-electron chi connectivity index (χ3n) is 4.99. The Hall–Kier alpha value is -2.24. The zero-order valence-corrected chi connectivity index (χ0v) is 16.4. The van der Waals surface area contributed by atoms with Gasteiger partial charge in [0.2, 0.25) is 0 Å². The maximum atomic E-state index is 14.5. The molecule has 4 nitrogen and oxygen atoms in total. The Kier molecular flexibility index (Phi) is 7.18. The van der Waals surface area contributed by atoms with E-state index in [0.29, 0.717) is 30.4 Å². The van der Waals surface area contributed by atoms with Gasteiger partial charge in [-0.05, 0) is 49.1 Å². The molecule has 0 aliphatic carbocycles. The van der Waals surface area contributed by atoms with Crippen LogP contribution in [0.1, 0.15) is 60.9 Å². The average molecular weight is 386 g/mol. The molecule has 1 fully saturated rings.